The molecule has 1 N–H and O–H groups in total. The van der Waals surface area contributed by atoms with Crippen molar-refractivity contribution in [3.05, 3.63) is 90.8 Å². The first-order chi connectivity index (χ1) is 13.9. The van der Waals surface area contributed by atoms with E-state index in [0.29, 0.717) is 0 Å². The minimum absolute atomic E-state index is 0.980. The van der Waals surface area contributed by atoms with Crippen molar-refractivity contribution in [3.63, 3.8) is 0 Å². The Bertz CT molecular complexity index is 1200. The molecule has 138 valence electrons. The van der Waals surface area contributed by atoms with Crippen LogP contribution in [0.15, 0.2) is 85.2 Å². The first kappa shape index (κ1) is 16.8. The van der Waals surface area contributed by atoms with Gasteiger partial charge in [-0.1, -0.05) is 48.5 Å². The van der Waals surface area contributed by atoms with E-state index in [1.54, 1.807) is 0 Å². The van der Waals surface area contributed by atoms with E-state index in [9.17, 15) is 0 Å². The maximum absolute atomic E-state index is 4.30. The third kappa shape index (κ3) is 3.20. The second kappa shape index (κ2) is 7.35. The number of para-hydroxylation sites is 1. The second-order valence-electron chi connectivity index (χ2n) is 7.33. The SMILES string of the molecule is c1ccc(-c2cc(CCCCn3cccn3)cc3c2[nH]c2ccccc23)cc1. The number of hydrogen-bond acceptors (Lipinski definition) is 1. The summed E-state index contributed by atoms with van der Waals surface area (Å²) in [6, 6.07) is 26.0. The van der Waals surface area contributed by atoms with E-state index in [4.69, 9.17) is 0 Å². The number of aryl methyl sites for hydroxylation is 2. The summed E-state index contributed by atoms with van der Waals surface area (Å²) in [5.41, 5.74) is 6.38. The largest absolute Gasteiger partial charge is 0.354 e. The van der Waals surface area contributed by atoms with Crippen LogP contribution in [0.3, 0.4) is 0 Å². The molecule has 0 spiro atoms. The molecule has 0 radical (unpaired) electrons. The zero-order valence-electron chi connectivity index (χ0n) is 15.8. The minimum atomic E-state index is 0.980. The van der Waals surface area contributed by atoms with E-state index >= 15 is 0 Å². The Hall–Kier alpha value is -3.33. The normalized spacial score (nSPS) is 11.4. The molecule has 0 aliphatic heterocycles. The van der Waals surface area contributed by atoms with Gasteiger partial charge in [0.1, 0.15) is 0 Å². The maximum Gasteiger partial charge on any atom is 0.0544 e. The summed E-state index contributed by atoms with van der Waals surface area (Å²) in [7, 11) is 0. The molecule has 5 aromatic rings. The fraction of sp³-hybridized carbons (Fsp3) is 0.160. The van der Waals surface area contributed by atoms with E-state index in [0.717, 1.165) is 25.8 Å². The van der Waals surface area contributed by atoms with Crippen LogP contribution in [0.2, 0.25) is 0 Å². The molecule has 3 nitrogen and oxygen atoms in total. The topological polar surface area (TPSA) is 33.6 Å². The van der Waals surface area contributed by atoms with Crippen molar-refractivity contribution in [2.75, 3.05) is 0 Å². The van der Waals surface area contributed by atoms with Crippen LogP contribution in [-0.2, 0) is 13.0 Å². The summed E-state index contributed by atoms with van der Waals surface area (Å²) >= 11 is 0. The lowest BCUT2D eigenvalue weighted by molar-refractivity contribution is 0.558. The van der Waals surface area contributed by atoms with Crippen molar-refractivity contribution >= 4 is 21.8 Å². The van der Waals surface area contributed by atoms with Crippen LogP contribution in [0.4, 0.5) is 0 Å². The standard InChI is InChI=1S/C25H23N3/c1-2-10-20(11-3-1)22-17-19(9-6-7-15-28-16-8-14-26-28)18-23-21-12-4-5-13-24(21)27-25(22)23/h1-5,8,10-14,16-18,27H,6-7,9,15H2. The lowest BCUT2D eigenvalue weighted by Gasteiger charge is -2.09. The molecular weight excluding hydrogens is 342 g/mol. The smallest absolute Gasteiger partial charge is 0.0544 e. The molecule has 0 atom stereocenters. The predicted octanol–water partition coefficient (Wildman–Crippen LogP) is 6.21. The van der Waals surface area contributed by atoms with Gasteiger partial charge in [0.15, 0.2) is 0 Å². The van der Waals surface area contributed by atoms with Crippen molar-refractivity contribution in [3.8, 4) is 11.1 Å². The number of aromatic amines is 1. The van der Waals surface area contributed by atoms with Gasteiger partial charge in [-0.15, -0.1) is 0 Å². The van der Waals surface area contributed by atoms with Crippen molar-refractivity contribution in [2.45, 2.75) is 25.8 Å². The van der Waals surface area contributed by atoms with Gasteiger partial charge < -0.3 is 4.98 Å². The highest BCUT2D eigenvalue weighted by molar-refractivity contribution is 6.12. The molecule has 2 heterocycles. The average molecular weight is 365 g/mol. The molecule has 28 heavy (non-hydrogen) atoms. The number of nitrogens with one attached hydrogen (secondary N) is 1. The molecule has 5 rings (SSSR count). The minimum Gasteiger partial charge on any atom is -0.354 e. The van der Waals surface area contributed by atoms with Crippen LogP contribution in [0, 0.1) is 0 Å². The van der Waals surface area contributed by atoms with E-state index in [1.165, 1.54) is 38.5 Å². The third-order valence-corrected chi connectivity index (χ3v) is 5.42. The number of aromatic nitrogens is 3. The van der Waals surface area contributed by atoms with Gasteiger partial charge in [0, 0.05) is 40.8 Å². The Morgan fingerprint density at radius 2 is 1.68 bits per heavy atom. The summed E-state index contributed by atoms with van der Waals surface area (Å²) < 4.78 is 2.01. The molecule has 0 aliphatic carbocycles. The predicted molar refractivity (Wildman–Crippen MR) is 116 cm³/mol. The molecule has 0 amide bonds. The van der Waals surface area contributed by atoms with Crippen molar-refractivity contribution in [1.82, 2.24) is 14.8 Å². The lowest BCUT2D eigenvalue weighted by Crippen LogP contribution is -1.99. The van der Waals surface area contributed by atoms with Gasteiger partial charge in [0.2, 0.25) is 0 Å². The highest BCUT2D eigenvalue weighted by Gasteiger charge is 2.11. The fourth-order valence-corrected chi connectivity index (χ4v) is 4.04. The number of fused-ring (bicyclic) bond motifs is 3. The lowest BCUT2D eigenvalue weighted by atomic mass is 9.96. The zero-order valence-corrected chi connectivity index (χ0v) is 15.8. The summed E-state index contributed by atoms with van der Waals surface area (Å²) in [5.74, 6) is 0. The average Bonchev–Trinajstić information content (AvgIpc) is 3.39. The van der Waals surface area contributed by atoms with Gasteiger partial charge in [0.05, 0.1) is 5.52 Å². The molecule has 0 unspecified atom stereocenters. The maximum atomic E-state index is 4.30. The molecule has 0 aliphatic rings. The Balaban J connectivity index is 1.51. The molecule has 3 aromatic carbocycles. The van der Waals surface area contributed by atoms with Crippen LogP contribution in [0.1, 0.15) is 18.4 Å². The van der Waals surface area contributed by atoms with E-state index in [-0.39, 0.29) is 0 Å². The van der Waals surface area contributed by atoms with Gasteiger partial charge >= 0.3 is 0 Å². The summed E-state index contributed by atoms with van der Waals surface area (Å²) in [6.45, 7) is 0.980. The molecule has 3 heteroatoms. The highest BCUT2D eigenvalue weighted by Crippen LogP contribution is 2.34. The first-order valence-electron chi connectivity index (χ1n) is 9.95. The number of benzene rings is 3. The fourth-order valence-electron chi connectivity index (χ4n) is 4.04. The van der Waals surface area contributed by atoms with E-state index < -0.39 is 0 Å². The van der Waals surface area contributed by atoms with Crippen molar-refractivity contribution in [2.24, 2.45) is 0 Å². The molecule has 0 fully saturated rings. The van der Waals surface area contributed by atoms with Gasteiger partial charge in [-0.3, -0.25) is 4.68 Å². The Labute approximate surface area is 164 Å². The van der Waals surface area contributed by atoms with Crippen molar-refractivity contribution < 1.29 is 0 Å². The van der Waals surface area contributed by atoms with Gasteiger partial charge in [0.25, 0.3) is 0 Å². The Kier molecular flexibility index (Phi) is 4.42. The number of unbranched alkanes of at least 4 members (excludes halogenated alkanes) is 1. The second-order valence-corrected chi connectivity index (χ2v) is 7.33. The van der Waals surface area contributed by atoms with E-state index in [2.05, 4.69) is 76.8 Å². The number of H-pyrrole nitrogens is 1. The zero-order chi connectivity index (χ0) is 18.8. The van der Waals surface area contributed by atoms with Crippen LogP contribution in [0.25, 0.3) is 32.9 Å². The molecule has 0 saturated carbocycles. The summed E-state index contributed by atoms with van der Waals surface area (Å²) in [4.78, 5) is 3.65. The van der Waals surface area contributed by atoms with Crippen molar-refractivity contribution in [1.29, 1.82) is 0 Å². The molecule has 0 saturated heterocycles. The number of rotatable bonds is 6. The van der Waals surface area contributed by atoms with Crippen LogP contribution in [0.5, 0.6) is 0 Å². The highest BCUT2D eigenvalue weighted by atomic mass is 15.3. The first-order valence-corrected chi connectivity index (χ1v) is 9.95. The Morgan fingerprint density at radius 3 is 2.54 bits per heavy atom. The number of hydrogen-bond donors (Lipinski definition) is 1. The monoisotopic (exact) mass is 365 g/mol. The Morgan fingerprint density at radius 1 is 0.821 bits per heavy atom. The van der Waals surface area contributed by atoms with Gasteiger partial charge in [-0.2, -0.15) is 5.10 Å². The summed E-state index contributed by atoms with van der Waals surface area (Å²) in [5, 5.41) is 6.91. The number of nitrogens with zero attached hydrogens (tertiary/aromatic N) is 2. The molecule has 0 bridgehead atoms. The molecule has 2 aromatic heterocycles. The van der Waals surface area contributed by atoms with Gasteiger partial charge in [-0.25, -0.2) is 0 Å². The quantitative estimate of drug-likeness (QED) is 0.357. The van der Waals surface area contributed by atoms with Gasteiger partial charge in [-0.05, 0) is 54.7 Å². The van der Waals surface area contributed by atoms with E-state index in [1.807, 2.05) is 23.1 Å². The van der Waals surface area contributed by atoms with Crippen LogP contribution < -0.4 is 0 Å². The third-order valence-electron chi connectivity index (χ3n) is 5.42. The van der Waals surface area contributed by atoms with Crippen LogP contribution in [-0.4, -0.2) is 14.8 Å². The molecular formula is C25H23N3. The summed E-state index contributed by atoms with van der Waals surface area (Å²) in [6.07, 6.45) is 7.25. The van der Waals surface area contributed by atoms with Crippen LogP contribution >= 0.6 is 0 Å².